The number of hydrogen-bond donors (Lipinski definition) is 0. The van der Waals surface area contributed by atoms with Gasteiger partial charge in [0, 0.05) is 38.9 Å². The van der Waals surface area contributed by atoms with Gasteiger partial charge in [-0.25, -0.2) is 0 Å². The van der Waals surface area contributed by atoms with Crippen molar-refractivity contribution < 1.29 is 26.5 Å². The lowest BCUT2D eigenvalue weighted by Crippen LogP contribution is -2.15. The van der Waals surface area contributed by atoms with Gasteiger partial charge in [-0.05, 0) is 154 Å². The van der Waals surface area contributed by atoms with Crippen LogP contribution in [0.1, 0.15) is 150 Å². The van der Waals surface area contributed by atoms with Crippen molar-refractivity contribution in [1.82, 2.24) is 0 Å². The summed E-state index contributed by atoms with van der Waals surface area (Å²) in [6, 6.07) is 26.0. The van der Waals surface area contributed by atoms with Crippen LogP contribution in [0, 0.1) is 62.3 Å². The fourth-order valence-corrected chi connectivity index (χ4v) is 11.6. The van der Waals surface area contributed by atoms with Crippen molar-refractivity contribution in [3.63, 3.8) is 0 Å². The van der Waals surface area contributed by atoms with E-state index < -0.39 is 16.8 Å². The predicted octanol–water partition coefficient (Wildman–Crippen LogP) is 18.2. The molecule has 1 aliphatic heterocycles. The van der Waals surface area contributed by atoms with Crippen molar-refractivity contribution in [3.8, 4) is 34.1 Å². The van der Waals surface area contributed by atoms with E-state index in [1.54, 1.807) is 0 Å². The van der Waals surface area contributed by atoms with Crippen LogP contribution in [0.4, 0.5) is 0 Å². The Bertz CT molecular complexity index is 3010. The summed E-state index contributed by atoms with van der Waals surface area (Å²) >= 11 is 0. The molecule has 64 heavy (non-hydrogen) atoms. The molecule has 8 heteroatoms. The molecule has 0 radical (unpaired) electrons. The largest absolute Gasteiger partial charge is 0.530 e. The molecule has 8 rings (SSSR count). The summed E-state index contributed by atoms with van der Waals surface area (Å²) in [6.45, 7) is 35.0. The van der Waals surface area contributed by atoms with Gasteiger partial charge in [0.1, 0.15) is 34.2 Å². The molecule has 0 amide bonds. The van der Waals surface area contributed by atoms with E-state index in [-0.39, 0.29) is 23.7 Å². The molecule has 1 aliphatic rings. The van der Waals surface area contributed by atoms with Crippen molar-refractivity contribution in [1.29, 1.82) is 0 Å². The minimum Gasteiger partial charge on any atom is -0.408 e. The van der Waals surface area contributed by atoms with E-state index in [4.69, 9.17) is 26.5 Å². The van der Waals surface area contributed by atoms with Gasteiger partial charge in [0.05, 0.1) is 0 Å². The van der Waals surface area contributed by atoms with Gasteiger partial charge >= 0.3 is 16.8 Å². The van der Waals surface area contributed by atoms with Gasteiger partial charge < -0.3 is 26.5 Å². The van der Waals surface area contributed by atoms with Gasteiger partial charge in [0.2, 0.25) is 0 Å². The molecule has 0 saturated heterocycles. The number of fused-ring (bicyclic) bond motifs is 5. The summed E-state index contributed by atoms with van der Waals surface area (Å²) in [5.41, 5.74) is 19.1. The van der Waals surface area contributed by atoms with Crippen molar-refractivity contribution >= 4 is 38.8 Å². The molecule has 0 spiro atoms. The molecule has 6 nitrogen and oxygen atoms in total. The first-order valence-electron chi connectivity index (χ1n) is 22.8. The monoisotopic (exact) mass is 894 g/mol. The molecule has 1 aromatic heterocycles. The summed E-state index contributed by atoms with van der Waals surface area (Å²) in [4.78, 5) is 0. The van der Waals surface area contributed by atoms with Crippen LogP contribution >= 0.6 is 16.8 Å². The number of benzene rings is 6. The molecule has 0 aliphatic carbocycles. The Balaban J connectivity index is 1.45. The summed E-state index contributed by atoms with van der Waals surface area (Å²) in [5, 5.41) is 2.06. The average Bonchev–Trinajstić information content (AvgIpc) is 3.38. The van der Waals surface area contributed by atoms with Crippen molar-refractivity contribution in [3.05, 3.63) is 151 Å². The maximum absolute atomic E-state index is 7.41. The Morgan fingerprint density at radius 2 is 1.14 bits per heavy atom. The molecule has 0 bridgehead atoms. The lowest BCUT2D eigenvalue weighted by Gasteiger charge is -2.33. The van der Waals surface area contributed by atoms with Crippen LogP contribution in [0.3, 0.4) is 0 Å². The van der Waals surface area contributed by atoms with Gasteiger partial charge in [-0.3, -0.25) is 0 Å². The van der Waals surface area contributed by atoms with E-state index >= 15 is 0 Å². The predicted molar refractivity (Wildman–Crippen MR) is 268 cm³/mol. The molecule has 334 valence electrons. The molecule has 0 N–H and O–H groups in total. The first kappa shape index (κ1) is 45.4. The zero-order valence-electron chi connectivity index (χ0n) is 40.6. The smallest absolute Gasteiger partial charge is 0.408 e. The number of hydrogen-bond acceptors (Lipinski definition) is 6. The fourth-order valence-electron chi connectivity index (χ4n) is 9.33. The second-order valence-electron chi connectivity index (χ2n) is 19.1. The van der Waals surface area contributed by atoms with Crippen molar-refractivity contribution in [2.45, 2.75) is 134 Å². The highest BCUT2D eigenvalue weighted by atomic mass is 31.2. The Morgan fingerprint density at radius 1 is 0.531 bits per heavy atom. The quantitative estimate of drug-likeness (QED) is 0.142. The second kappa shape index (κ2) is 17.7. The van der Waals surface area contributed by atoms with E-state index in [2.05, 4.69) is 178 Å². The van der Waals surface area contributed by atoms with E-state index in [1.165, 1.54) is 0 Å². The molecule has 3 unspecified atom stereocenters. The molecule has 0 fully saturated rings. The van der Waals surface area contributed by atoms with Crippen LogP contribution in [0.25, 0.3) is 33.1 Å². The summed E-state index contributed by atoms with van der Waals surface area (Å²) < 4.78 is 42.9. The molecule has 3 atom stereocenters. The van der Waals surface area contributed by atoms with Crippen molar-refractivity contribution in [2.75, 3.05) is 0 Å². The lowest BCUT2D eigenvalue weighted by molar-refractivity contribution is 0.375. The normalized spacial score (nSPS) is 15.2. The topological polar surface area (TPSA) is 63.2 Å². The SMILES string of the molecule is Cc1ccc(OP2Oc3c(cc(C)c(C)c3-c3c(C)c(C)cc(C(C)C)c3Op3oc4ccc(C)cc4c4c(C)ccc(C(C)C)c4o3)C(C)c3c(C)ccc(C(C)C)c3O2)c(C)c1. The standard InChI is InChI=1S/C56H64O6P2/c1-29(2)42-21-19-34(9)49-41(16)45-28-37(12)40(15)52(56(45)62-63(59-53(42)49)57-47-23-17-32(7)25-38(47)13)51-39(14)36(11)27-44(31(5)6)55(51)61-64-58-48-24-18-33(8)26-46(48)50-35(10)20-22-43(30(3)4)54(50)60-64/h17-31,41H,1-16H3. The van der Waals surface area contributed by atoms with Gasteiger partial charge in [-0.2, -0.15) is 0 Å². The highest BCUT2D eigenvalue weighted by Gasteiger charge is 2.37. The van der Waals surface area contributed by atoms with Crippen LogP contribution in [-0.2, 0) is 0 Å². The third-order valence-corrected chi connectivity index (χ3v) is 15.3. The molecule has 2 heterocycles. The van der Waals surface area contributed by atoms with E-state index in [1.807, 2.05) is 6.07 Å². The second-order valence-corrected chi connectivity index (χ2v) is 21.1. The highest BCUT2D eigenvalue weighted by Crippen LogP contribution is 2.58. The zero-order valence-corrected chi connectivity index (χ0v) is 42.4. The molecule has 6 aromatic carbocycles. The fraction of sp³-hybridized carbons (Fsp3) is 0.357. The minimum atomic E-state index is -2.02. The van der Waals surface area contributed by atoms with Crippen LogP contribution in [0.5, 0.6) is 23.0 Å². The van der Waals surface area contributed by atoms with Gasteiger partial charge in [-0.15, -0.1) is 0 Å². The Labute approximate surface area is 383 Å². The van der Waals surface area contributed by atoms with E-state index in [0.717, 1.165) is 134 Å². The van der Waals surface area contributed by atoms with Gasteiger partial charge in [0.25, 0.3) is 0 Å². The minimum absolute atomic E-state index is 0.0777. The molecule has 7 aromatic rings. The third-order valence-electron chi connectivity index (χ3n) is 13.3. The maximum atomic E-state index is 7.41. The molecular weight excluding hydrogens is 831 g/mol. The van der Waals surface area contributed by atoms with E-state index in [9.17, 15) is 0 Å². The maximum Gasteiger partial charge on any atom is 0.530 e. The first-order valence-corrected chi connectivity index (χ1v) is 24.9. The Hall–Kier alpha value is -5.15. The summed E-state index contributed by atoms with van der Waals surface area (Å²) in [5.74, 6) is 3.50. The number of rotatable bonds is 8. The van der Waals surface area contributed by atoms with Crippen LogP contribution in [0.15, 0.2) is 81.2 Å². The van der Waals surface area contributed by atoms with Crippen LogP contribution in [-0.4, -0.2) is 0 Å². The first-order chi connectivity index (χ1) is 30.3. The lowest BCUT2D eigenvalue weighted by atomic mass is 9.80. The molecular formula is C56H64O6P2. The Kier molecular flexibility index (Phi) is 12.5. The summed E-state index contributed by atoms with van der Waals surface area (Å²) in [6.07, 6.45) is 0. The highest BCUT2D eigenvalue weighted by molar-refractivity contribution is 7.43. The number of aryl methyl sites for hydroxylation is 7. The van der Waals surface area contributed by atoms with Gasteiger partial charge in [-0.1, -0.05) is 114 Å². The van der Waals surface area contributed by atoms with Crippen molar-refractivity contribution in [2.24, 2.45) is 0 Å². The van der Waals surface area contributed by atoms with Crippen LogP contribution < -0.4 is 18.1 Å². The average molecular weight is 895 g/mol. The summed E-state index contributed by atoms with van der Waals surface area (Å²) in [7, 11) is -4.03. The molecule has 0 saturated carbocycles. The van der Waals surface area contributed by atoms with E-state index in [0.29, 0.717) is 0 Å². The van der Waals surface area contributed by atoms with Crippen LogP contribution in [0.2, 0.25) is 0 Å². The third kappa shape index (κ3) is 8.22. The Morgan fingerprint density at radius 3 is 1.83 bits per heavy atom. The van der Waals surface area contributed by atoms with Gasteiger partial charge in [0.15, 0.2) is 0 Å². The zero-order chi connectivity index (χ0) is 46.0.